The van der Waals surface area contributed by atoms with E-state index in [0.717, 1.165) is 36.3 Å². The molecule has 6 nitrogen and oxygen atoms in total. The Morgan fingerprint density at radius 2 is 2.04 bits per heavy atom. The number of hydrogen-bond donors (Lipinski definition) is 2. The van der Waals surface area contributed by atoms with Gasteiger partial charge in [-0.1, -0.05) is 18.2 Å². The molecule has 0 spiro atoms. The number of carbonyl (C=O) groups excluding carboxylic acids is 1. The van der Waals surface area contributed by atoms with Crippen molar-refractivity contribution >= 4 is 17.4 Å². The van der Waals surface area contributed by atoms with Crippen molar-refractivity contribution in [2.24, 2.45) is 0 Å². The van der Waals surface area contributed by atoms with Crippen LogP contribution < -0.4 is 10.6 Å². The van der Waals surface area contributed by atoms with Crippen LogP contribution >= 0.6 is 0 Å². The normalized spacial score (nSPS) is 16.8. The lowest BCUT2D eigenvalue weighted by Crippen LogP contribution is -2.32. The molecule has 126 valence electrons. The molecule has 1 aliphatic heterocycles. The third kappa shape index (κ3) is 3.89. The number of hydrogen-bond acceptors (Lipinski definition) is 5. The Balaban J connectivity index is 1.61. The van der Waals surface area contributed by atoms with E-state index in [2.05, 4.69) is 20.6 Å². The first-order chi connectivity index (χ1) is 11.6. The second-order valence-corrected chi connectivity index (χ2v) is 6.02. The van der Waals surface area contributed by atoms with Gasteiger partial charge in [-0.25, -0.2) is 9.97 Å². The van der Waals surface area contributed by atoms with Crippen LogP contribution in [0.5, 0.6) is 0 Å². The van der Waals surface area contributed by atoms with E-state index in [1.165, 1.54) is 6.20 Å². The number of anilines is 2. The second-order valence-electron chi connectivity index (χ2n) is 6.02. The zero-order chi connectivity index (χ0) is 16.9. The van der Waals surface area contributed by atoms with Gasteiger partial charge in [-0.15, -0.1) is 0 Å². The minimum Gasteiger partial charge on any atom is -0.376 e. The second kappa shape index (κ2) is 7.40. The highest BCUT2D eigenvalue weighted by atomic mass is 16.5. The number of benzene rings is 1. The van der Waals surface area contributed by atoms with Crippen LogP contribution in [0.15, 0.2) is 30.6 Å². The fourth-order valence-electron chi connectivity index (χ4n) is 2.75. The molecule has 0 saturated carbocycles. The summed E-state index contributed by atoms with van der Waals surface area (Å²) in [6.45, 7) is 5.37. The molecule has 2 aromatic rings. The molecule has 1 aromatic heterocycles. The van der Waals surface area contributed by atoms with Gasteiger partial charge in [0.1, 0.15) is 11.5 Å². The third-order valence-electron chi connectivity index (χ3n) is 4.13. The van der Waals surface area contributed by atoms with Crippen molar-refractivity contribution in [3.8, 4) is 0 Å². The summed E-state index contributed by atoms with van der Waals surface area (Å²) in [5.41, 5.74) is 3.59. The van der Waals surface area contributed by atoms with Crippen molar-refractivity contribution < 1.29 is 9.53 Å². The minimum absolute atomic E-state index is 0.117. The van der Waals surface area contributed by atoms with Gasteiger partial charge in [0.2, 0.25) is 0 Å². The van der Waals surface area contributed by atoms with Crippen molar-refractivity contribution in [3.05, 3.63) is 47.4 Å². The Morgan fingerprint density at radius 3 is 2.67 bits per heavy atom. The molecule has 0 radical (unpaired) electrons. The topological polar surface area (TPSA) is 76.1 Å². The fraction of sp³-hybridized carbons (Fsp3) is 0.389. The molecule has 0 bridgehead atoms. The van der Waals surface area contributed by atoms with Gasteiger partial charge in [0.25, 0.3) is 5.91 Å². The molecular formula is C18H22N4O2. The Hall–Kier alpha value is -2.47. The minimum atomic E-state index is -0.225. The SMILES string of the molecule is Cc1cccc(C)c1Nc1cnc(C(=O)NCC2CCCO2)cn1. The quantitative estimate of drug-likeness (QED) is 0.883. The number of nitrogens with one attached hydrogen (secondary N) is 2. The molecule has 0 aliphatic carbocycles. The van der Waals surface area contributed by atoms with Crippen molar-refractivity contribution in [2.75, 3.05) is 18.5 Å². The first-order valence-electron chi connectivity index (χ1n) is 8.18. The van der Waals surface area contributed by atoms with E-state index in [0.29, 0.717) is 18.1 Å². The maximum absolute atomic E-state index is 12.1. The molecule has 1 fully saturated rings. The Kier molecular flexibility index (Phi) is 5.05. The molecule has 6 heteroatoms. The van der Waals surface area contributed by atoms with Gasteiger partial charge in [0, 0.05) is 18.8 Å². The predicted octanol–water partition coefficient (Wildman–Crippen LogP) is 2.75. The number of carbonyl (C=O) groups is 1. The Morgan fingerprint density at radius 1 is 1.25 bits per heavy atom. The molecule has 1 unspecified atom stereocenters. The molecule has 1 aliphatic rings. The standard InChI is InChI=1S/C18H22N4O2/c1-12-5-3-6-13(2)17(12)22-16-11-19-15(10-20-16)18(23)21-9-14-7-4-8-24-14/h3,5-6,10-11,14H,4,7-9H2,1-2H3,(H,20,22)(H,21,23). The number of nitrogens with zero attached hydrogens (tertiary/aromatic N) is 2. The predicted molar refractivity (Wildman–Crippen MR) is 92.5 cm³/mol. The van der Waals surface area contributed by atoms with Gasteiger partial charge >= 0.3 is 0 Å². The van der Waals surface area contributed by atoms with Gasteiger partial charge in [0.05, 0.1) is 18.5 Å². The zero-order valence-electron chi connectivity index (χ0n) is 14.0. The third-order valence-corrected chi connectivity index (χ3v) is 4.13. The molecule has 1 saturated heterocycles. The number of para-hydroxylation sites is 1. The van der Waals surface area contributed by atoms with Crippen LogP contribution in [-0.2, 0) is 4.74 Å². The summed E-state index contributed by atoms with van der Waals surface area (Å²) in [5, 5.41) is 6.10. The summed E-state index contributed by atoms with van der Waals surface area (Å²) in [6.07, 6.45) is 5.23. The van der Waals surface area contributed by atoms with E-state index >= 15 is 0 Å². The van der Waals surface area contributed by atoms with Gasteiger partial charge in [-0.2, -0.15) is 0 Å². The van der Waals surface area contributed by atoms with E-state index in [-0.39, 0.29) is 12.0 Å². The van der Waals surface area contributed by atoms with Gasteiger partial charge in [-0.3, -0.25) is 4.79 Å². The molecule has 24 heavy (non-hydrogen) atoms. The van der Waals surface area contributed by atoms with Gasteiger partial charge < -0.3 is 15.4 Å². The summed E-state index contributed by atoms with van der Waals surface area (Å²) in [4.78, 5) is 20.6. The van der Waals surface area contributed by atoms with E-state index in [4.69, 9.17) is 4.74 Å². The first kappa shape index (κ1) is 16.4. The largest absolute Gasteiger partial charge is 0.376 e. The highest BCUT2D eigenvalue weighted by Gasteiger charge is 2.17. The highest BCUT2D eigenvalue weighted by Crippen LogP contribution is 2.22. The maximum atomic E-state index is 12.1. The number of ether oxygens (including phenoxy) is 1. The maximum Gasteiger partial charge on any atom is 0.271 e. The molecule has 1 aromatic carbocycles. The monoisotopic (exact) mass is 326 g/mol. The van der Waals surface area contributed by atoms with Crippen molar-refractivity contribution in [3.63, 3.8) is 0 Å². The zero-order valence-corrected chi connectivity index (χ0v) is 14.0. The molecular weight excluding hydrogens is 304 g/mol. The Bertz CT molecular complexity index is 689. The van der Waals surface area contributed by atoms with E-state index in [1.807, 2.05) is 32.0 Å². The van der Waals surface area contributed by atoms with Crippen molar-refractivity contribution in [1.29, 1.82) is 0 Å². The molecule has 1 amide bonds. The lowest BCUT2D eigenvalue weighted by molar-refractivity contribution is 0.0853. The first-order valence-corrected chi connectivity index (χ1v) is 8.18. The number of aryl methyl sites for hydroxylation is 2. The van der Waals surface area contributed by atoms with Crippen molar-refractivity contribution in [1.82, 2.24) is 15.3 Å². The van der Waals surface area contributed by atoms with Gasteiger partial charge in [-0.05, 0) is 37.8 Å². The van der Waals surface area contributed by atoms with E-state index in [9.17, 15) is 4.79 Å². The lowest BCUT2D eigenvalue weighted by atomic mass is 10.1. The van der Waals surface area contributed by atoms with E-state index < -0.39 is 0 Å². The average molecular weight is 326 g/mol. The summed E-state index contributed by atoms with van der Waals surface area (Å²) in [5.74, 6) is 0.389. The fourth-order valence-corrected chi connectivity index (χ4v) is 2.75. The molecule has 1 atom stereocenters. The van der Waals surface area contributed by atoms with Crippen LogP contribution in [-0.4, -0.2) is 35.1 Å². The molecule has 2 N–H and O–H groups in total. The summed E-state index contributed by atoms with van der Waals surface area (Å²) < 4.78 is 5.49. The van der Waals surface area contributed by atoms with Crippen LogP contribution in [0.25, 0.3) is 0 Å². The summed E-state index contributed by atoms with van der Waals surface area (Å²) in [6, 6.07) is 6.09. The lowest BCUT2D eigenvalue weighted by Gasteiger charge is -2.12. The summed E-state index contributed by atoms with van der Waals surface area (Å²) in [7, 11) is 0. The van der Waals surface area contributed by atoms with Crippen LogP contribution in [0.3, 0.4) is 0 Å². The van der Waals surface area contributed by atoms with Crippen LogP contribution in [0.4, 0.5) is 11.5 Å². The van der Waals surface area contributed by atoms with Gasteiger partial charge in [0.15, 0.2) is 0 Å². The summed E-state index contributed by atoms with van der Waals surface area (Å²) >= 11 is 0. The van der Waals surface area contributed by atoms with Crippen LogP contribution in [0.2, 0.25) is 0 Å². The van der Waals surface area contributed by atoms with Crippen molar-refractivity contribution in [2.45, 2.75) is 32.8 Å². The smallest absolute Gasteiger partial charge is 0.271 e. The molecule has 2 heterocycles. The van der Waals surface area contributed by atoms with Crippen LogP contribution in [0.1, 0.15) is 34.5 Å². The Labute approximate surface area is 141 Å². The van der Waals surface area contributed by atoms with E-state index in [1.54, 1.807) is 6.20 Å². The average Bonchev–Trinajstić information content (AvgIpc) is 3.10. The number of rotatable bonds is 5. The number of amides is 1. The molecule has 3 rings (SSSR count). The number of aromatic nitrogens is 2. The van der Waals surface area contributed by atoms with Crippen LogP contribution in [0, 0.1) is 13.8 Å². The highest BCUT2D eigenvalue weighted by molar-refractivity contribution is 5.92.